The van der Waals surface area contributed by atoms with Crippen LogP contribution in [0.4, 0.5) is 9.39 Å². The maximum atomic E-state index is 12.9. The minimum Gasteiger partial charge on any atom is -0.457 e. The van der Waals surface area contributed by atoms with E-state index in [1.807, 2.05) is 0 Å². The number of halogens is 1. The summed E-state index contributed by atoms with van der Waals surface area (Å²) < 4.78 is 17.8. The first-order chi connectivity index (χ1) is 9.06. The summed E-state index contributed by atoms with van der Waals surface area (Å²) in [6, 6.07) is 8.24. The number of benzene rings is 1. The number of nitrogens with zero attached hydrogens (tertiary/aromatic N) is 1. The lowest BCUT2D eigenvalue weighted by Crippen LogP contribution is -2.03. The van der Waals surface area contributed by atoms with E-state index in [2.05, 4.69) is 0 Å². The van der Waals surface area contributed by atoms with Crippen molar-refractivity contribution in [1.82, 2.24) is 0 Å². The van der Waals surface area contributed by atoms with Crippen LogP contribution in [0.2, 0.25) is 0 Å². The van der Waals surface area contributed by atoms with Gasteiger partial charge in [-0.1, -0.05) is 23.5 Å². The van der Waals surface area contributed by atoms with Crippen LogP contribution in [0.1, 0.15) is 15.2 Å². The van der Waals surface area contributed by atoms with Crippen LogP contribution in [0.3, 0.4) is 0 Å². The SMILES string of the molecule is O=C(OCc1cccc(F)c1)c1ccc([N+](=O)[O-])s1. The number of esters is 1. The van der Waals surface area contributed by atoms with Crippen molar-refractivity contribution >= 4 is 22.3 Å². The molecular weight excluding hydrogens is 273 g/mol. The van der Waals surface area contributed by atoms with Crippen LogP contribution in [0, 0.1) is 15.9 Å². The molecule has 5 nitrogen and oxygen atoms in total. The first-order valence-electron chi connectivity index (χ1n) is 5.22. The molecule has 0 radical (unpaired) electrons. The van der Waals surface area contributed by atoms with Gasteiger partial charge in [0.1, 0.15) is 17.3 Å². The van der Waals surface area contributed by atoms with E-state index in [4.69, 9.17) is 4.74 Å². The summed E-state index contributed by atoms with van der Waals surface area (Å²) >= 11 is 0.740. The zero-order valence-corrected chi connectivity index (χ0v) is 10.4. The smallest absolute Gasteiger partial charge is 0.348 e. The lowest BCUT2D eigenvalue weighted by atomic mass is 10.2. The molecule has 0 N–H and O–H groups in total. The van der Waals surface area contributed by atoms with Crippen molar-refractivity contribution in [3.63, 3.8) is 0 Å². The molecule has 0 unspecified atom stereocenters. The Bertz CT molecular complexity index is 626. The predicted octanol–water partition coefficient (Wildman–Crippen LogP) is 3.15. The minimum atomic E-state index is -0.664. The van der Waals surface area contributed by atoms with Gasteiger partial charge in [-0.15, -0.1) is 0 Å². The van der Waals surface area contributed by atoms with E-state index in [1.54, 1.807) is 6.07 Å². The molecule has 0 aliphatic carbocycles. The van der Waals surface area contributed by atoms with Crippen LogP contribution in [0.15, 0.2) is 36.4 Å². The molecule has 0 aliphatic rings. The van der Waals surface area contributed by atoms with E-state index in [1.165, 1.54) is 30.3 Å². The quantitative estimate of drug-likeness (QED) is 0.490. The first-order valence-corrected chi connectivity index (χ1v) is 6.04. The van der Waals surface area contributed by atoms with Crippen molar-refractivity contribution in [2.75, 3.05) is 0 Å². The number of thiophene rings is 1. The van der Waals surface area contributed by atoms with E-state index in [9.17, 15) is 19.3 Å². The second-order valence-electron chi connectivity index (χ2n) is 3.60. The molecule has 1 aromatic heterocycles. The van der Waals surface area contributed by atoms with Crippen LogP contribution >= 0.6 is 11.3 Å². The first kappa shape index (κ1) is 13.2. The van der Waals surface area contributed by atoms with Crippen LogP contribution in [0.25, 0.3) is 0 Å². The molecule has 0 amide bonds. The average molecular weight is 281 g/mol. The van der Waals surface area contributed by atoms with E-state index in [0.29, 0.717) is 5.56 Å². The second kappa shape index (κ2) is 5.57. The summed E-state index contributed by atoms with van der Waals surface area (Å²) in [4.78, 5) is 21.7. The van der Waals surface area contributed by atoms with Gasteiger partial charge >= 0.3 is 11.0 Å². The van der Waals surface area contributed by atoms with Gasteiger partial charge in [0, 0.05) is 6.07 Å². The van der Waals surface area contributed by atoms with E-state index < -0.39 is 16.7 Å². The summed E-state index contributed by atoms with van der Waals surface area (Å²) in [6.07, 6.45) is 0. The molecule has 0 saturated heterocycles. The Kier molecular flexibility index (Phi) is 3.86. The lowest BCUT2D eigenvalue weighted by molar-refractivity contribution is -0.380. The zero-order valence-electron chi connectivity index (χ0n) is 9.54. The molecule has 0 fully saturated rings. The van der Waals surface area contributed by atoms with Crippen LogP contribution in [-0.2, 0) is 11.3 Å². The fourth-order valence-corrected chi connectivity index (χ4v) is 2.10. The van der Waals surface area contributed by atoms with E-state index in [0.717, 1.165) is 11.3 Å². The van der Waals surface area contributed by atoms with Gasteiger partial charge in [0.05, 0.1) is 4.92 Å². The zero-order chi connectivity index (χ0) is 13.8. The number of ether oxygens (including phenoxy) is 1. The molecule has 0 atom stereocenters. The van der Waals surface area contributed by atoms with Crippen LogP contribution < -0.4 is 0 Å². The van der Waals surface area contributed by atoms with Gasteiger partial charge in [-0.3, -0.25) is 10.1 Å². The number of nitro groups is 1. The molecule has 1 heterocycles. The highest BCUT2D eigenvalue weighted by Gasteiger charge is 2.16. The van der Waals surface area contributed by atoms with Gasteiger partial charge in [-0.2, -0.15) is 0 Å². The van der Waals surface area contributed by atoms with E-state index in [-0.39, 0.29) is 16.5 Å². The summed E-state index contributed by atoms with van der Waals surface area (Å²) in [5, 5.41) is 10.3. The molecule has 0 aliphatic heterocycles. The highest BCUT2D eigenvalue weighted by molar-refractivity contribution is 7.17. The Labute approximate surface area is 111 Å². The Hall–Kier alpha value is -2.28. The normalized spacial score (nSPS) is 10.2. The monoisotopic (exact) mass is 281 g/mol. The van der Waals surface area contributed by atoms with Crippen LogP contribution in [-0.4, -0.2) is 10.9 Å². The van der Waals surface area contributed by atoms with Crippen molar-refractivity contribution in [2.24, 2.45) is 0 Å². The number of hydrogen-bond donors (Lipinski definition) is 0. The number of rotatable bonds is 4. The van der Waals surface area contributed by atoms with Gasteiger partial charge in [0.2, 0.25) is 0 Å². The Morgan fingerprint density at radius 2 is 2.16 bits per heavy atom. The summed E-state index contributed by atoms with van der Waals surface area (Å²) in [7, 11) is 0. The molecule has 2 rings (SSSR count). The highest BCUT2D eigenvalue weighted by atomic mass is 32.1. The minimum absolute atomic E-state index is 0.0811. The van der Waals surface area contributed by atoms with Crippen molar-refractivity contribution in [3.05, 3.63) is 62.8 Å². The molecular formula is C12H8FNO4S. The van der Waals surface area contributed by atoms with Gasteiger partial charge in [0.15, 0.2) is 0 Å². The summed E-state index contributed by atoms with van der Waals surface area (Å²) in [5.74, 6) is -1.08. The number of carbonyl (C=O) groups excluding carboxylic acids is 1. The standard InChI is InChI=1S/C12H8FNO4S/c13-9-3-1-2-8(6-9)7-18-12(15)10-4-5-11(19-10)14(16)17/h1-6H,7H2. The molecule has 0 bridgehead atoms. The molecule has 2 aromatic rings. The maximum absolute atomic E-state index is 12.9. The molecule has 19 heavy (non-hydrogen) atoms. The third-order valence-corrected chi connectivity index (χ3v) is 3.25. The fraction of sp³-hybridized carbons (Fsp3) is 0.0833. The molecule has 98 valence electrons. The van der Waals surface area contributed by atoms with Gasteiger partial charge in [0.25, 0.3) is 0 Å². The second-order valence-corrected chi connectivity index (χ2v) is 4.66. The number of carbonyl (C=O) groups is 1. The van der Waals surface area contributed by atoms with Crippen molar-refractivity contribution < 1.29 is 18.8 Å². The fourth-order valence-electron chi connectivity index (χ4n) is 1.38. The van der Waals surface area contributed by atoms with Crippen LogP contribution in [0.5, 0.6) is 0 Å². The lowest BCUT2D eigenvalue weighted by Gasteiger charge is -2.03. The topological polar surface area (TPSA) is 69.4 Å². The Morgan fingerprint density at radius 3 is 2.79 bits per heavy atom. The van der Waals surface area contributed by atoms with Crippen molar-refractivity contribution in [2.45, 2.75) is 6.61 Å². The maximum Gasteiger partial charge on any atom is 0.348 e. The average Bonchev–Trinajstić information content (AvgIpc) is 2.86. The van der Waals surface area contributed by atoms with Gasteiger partial charge < -0.3 is 4.74 Å². The third-order valence-electron chi connectivity index (χ3n) is 2.23. The highest BCUT2D eigenvalue weighted by Crippen LogP contribution is 2.24. The molecule has 0 spiro atoms. The van der Waals surface area contributed by atoms with Crippen molar-refractivity contribution in [3.8, 4) is 0 Å². The number of hydrogen-bond acceptors (Lipinski definition) is 5. The largest absolute Gasteiger partial charge is 0.457 e. The molecule has 7 heteroatoms. The molecule has 0 saturated carbocycles. The summed E-state index contributed by atoms with van der Waals surface area (Å²) in [5.41, 5.74) is 0.513. The van der Waals surface area contributed by atoms with Gasteiger partial charge in [-0.25, -0.2) is 9.18 Å². The van der Waals surface area contributed by atoms with Crippen molar-refractivity contribution in [1.29, 1.82) is 0 Å². The Morgan fingerprint density at radius 1 is 1.37 bits per heavy atom. The summed E-state index contributed by atoms with van der Waals surface area (Å²) in [6.45, 7) is -0.0811. The molecule has 1 aromatic carbocycles. The third kappa shape index (κ3) is 3.35. The van der Waals surface area contributed by atoms with E-state index >= 15 is 0 Å². The van der Waals surface area contributed by atoms with Gasteiger partial charge in [-0.05, 0) is 23.8 Å². The Balaban J connectivity index is 1.99. The predicted molar refractivity (Wildman–Crippen MR) is 66.5 cm³/mol.